The van der Waals surface area contributed by atoms with Crippen molar-refractivity contribution >= 4 is 22.9 Å². The van der Waals surface area contributed by atoms with Gasteiger partial charge in [0.05, 0.1) is 19.1 Å². The van der Waals surface area contributed by atoms with Gasteiger partial charge in [0.25, 0.3) is 5.95 Å². The van der Waals surface area contributed by atoms with Gasteiger partial charge in [-0.25, -0.2) is 9.67 Å². The predicted octanol–water partition coefficient (Wildman–Crippen LogP) is -2.38. The average molecular weight is 404 g/mol. The van der Waals surface area contributed by atoms with Gasteiger partial charge in [-0.15, -0.1) is 0 Å². The van der Waals surface area contributed by atoms with E-state index >= 15 is 0 Å². The fourth-order valence-corrected chi connectivity index (χ4v) is 3.19. The van der Waals surface area contributed by atoms with Crippen LogP contribution in [0.3, 0.4) is 0 Å². The number of aryl methyl sites for hydroxylation is 1. The molecule has 13 heteroatoms. The van der Waals surface area contributed by atoms with E-state index in [1.165, 1.54) is 15.6 Å². The highest BCUT2D eigenvalue weighted by Crippen LogP contribution is 2.32. The maximum Gasteiger partial charge on any atom is 0.254 e. The number of aliphatic hydroxyl groups excluding tert-OH is 3. The lowest BCUT2D eigenvalue weighted by atomic mass is 10.1. The highest BCUT2D eigenvalue weighted by atomic mass is 16.6. The van der Waals surface area contributed by atoms with Gasteiger partial charge in [0.15, 0.2) is 17.7 Å². The number of hydrogen-bond donors (Lipinski definition) is 5. The van der Waals surface area contributed by atoms with Gasteiger partial charge in [-0.2, -0.15) is 15.1 Å². The van der Waals surface area contributed by atoms with Crippen LogP contribution in [0.25, 0.3) is 17.1 Å². The van der Waals surface area contributed by atoms with E-state index in [9.17, 15) is 20.1 Å². The van der Waals surface area contributed by atoms with Crippen LogP contribution in [0.2, 0.25) is 0 Å². The number of imidazole rings is 1. The van der Waals surface area contributed by atoms with Gasteiger partial charge in [-0.3, -0.25) is 9.36 Å². The maximum atomic E-state index is 10.9. The largest absolute Gasteiger partial charge is 0.394 e. The summed E-state index contributed by atoms with van der Waals surface area (Å²) >= 11 is 0. The second-order valence-electron chi connectivity index (χ2n) is 6.72. The number of rotatable bonds is 6. The van der Waals surface area contributed by atoms with Gasteiger partial charge < -0.3 is 31.5 Å². The summed E-state index contributed by atoms with van der Waals surface area (Å²) in [5.74, 6) is -0.180. The molecule has 3 aromatic heterocycles. The zero-order chi connectivity index (χ0) is 20.7. The maximum absolute atomic E-state index is 10.9. The molecule has 1 fully saturated rings. The molecule has 0 spiro atoms. The first kappa shape index (κ1) is 19.2. The highest BCUT2D eigenvalue weighted by Gasteiger charge is 2.44. The summed E-state index contributed by atoms with van der Waals surface area (Å²) in [4.78, 5) is 23.7. The Kier molecular flexibility index (Phi) is 4.87. The summed E-state index contributed by atoms with van der Waals surface area (Å²) in [6.45, 7) is -0.453. The van der Waals surface area contributed by atoms with Gasteiger partial charge in [0.1, 0.15) is 23.8 Å². The third-order valence-electron chi connectivity index (χ3n) is 4.73. The molecule has 13 nitrogen and oxygen atoms in total. The smallest absolute Gasteiger partial charge is 0.254 e. The van der Waals surface area contributed by atoms with Crippen LogP contribution in [0, 0.1) is 0 Å². The SMILES string of the molecule is NC(=O)CCc1cnn(-c2nc(N)c3ncn([C@@H]4O[C@H](CO)[C@@H](O)[C@@H]4O)c3n2)c1. The van der Waals surface area contributed by atoms with Crippen LogP contribution < -0.4 is 11.5 Å². The van der Waals surface area contributed by atoms with Crippen molar-refractivity contribution in [3.8, 4) is 5.95 Å². The standard InChI is InChI=1S/C16H20N8O5/c17-9(26)2-1-7-3-20-24(4-7)16-21-13(18)10-14(22-16)23(6-19-10)15-12(28)11(27)8(5-25)29-15/h3-4,6,8,11-12,15,25,27-28H,1-2,5H2,(H2,17,26)(H2,18,21,22)/t8-,11-,12+,15-/m1/s1. The molecule has 4 atom stereocenters. The lowest BCUT2D eigenvalue weighted by Gasteiger charge is -2.16. The van der Waals surface area contributed by atoms with Crippen molar-refractivity contribution < 1.29 is 24.9 Å². The van der Waals surface area contributed by atoms with E-state index < -0.39 is 37.1 Å². The van der Waals surface area contributed by atoms with Gasteiger partial charge >= 0.3 is 0 Å². The van der Waals surface area contributed by atoms with Crippen LogP contribution in [0.5, 0.6) is 0 Å². The van der Waals surface area contributed by atoms with Gasteiger partial charge in [-0.1, -0.05) is 0 Å². The van der Waals surface area contributed by atoms with Crippen molar-refractivity contribution in [2.75, 3.05) is 12.3 Å². The quantitative estimate of drug-likeness (QED) is 0.295. The van der Waals surface area contributed by atoms with E-state index in [4.69, 9.17) is 16.2 Å². The Labute approximate surface area is 163 Å². The van der Waals surface area contributed by atoms with Gasteiger partial charge in [-0.05, 0) is 12.0 Å². The van der Waals surface area contributed by atoms with Crippen molar-refractivity contribution in [2.45, 2.75) is 37.4 Å². The summed E-state index contributed by atoms with van der Waals surface area (Å²) in [7, 11) is 0. The van der Waals surface area contributed by atoms with Crippen LogP contribution >= 0.6 is 0 Å². The number of amides is 1. The predicted molar refractivity (Wildman–Crippen MR) is 97.4 cm³/mol. The molecule has 0 aromatic carbocycles. The van der Waals surface area contributed by atoms with Crippen LogP contribution in [0.15, 0.2) is 18.7 Å². The molecule has 0 aliphatic carbocycles. The first-order valence-corrected chi connectivity index (χ1v) is 8.83. The summed E-state index contributed by atoms with van der Waals surface area (Å²) in [6.07, 6.45) is 0.671. The number of nitrogen functional groups attached to an aromatic ring is 1. The number of primary amides is 1. The Morgan fingerprint density at radius 1 is 1.28 bits per heavy atom. The molecular formula is C16H20N8O5. The van der Waals surface area contributed by atoms with E-state index in [1.807, 2.05) is 0 Å². The highest BCUT2D eigenvalue weighted by molar-refractivity contribution is 5.82. The van der Waals surface area contributed by atoms with E-state index in [-0.39, 0.29) is 29.4 Å². The van der Waals surface area contributed by atoms with Crippen LogP contribution in [0.4, 0.5) is 5.82 Å². The number of ether oxygens (including phenoxy) is 1. The monoisotopic (exact) mass is 404 g/mol. The number of anilines is 1. The third-order valence-corrected chi connectivity index (χ3v) is 4.73. The van der Waals surface area contributed by atoms with Crippen molar-refractivity contribution in [1.82, 2.24) is 29.3 Å². The first-order chi connectivity index (χ1) is 13.9. The molecule has 3 aromatic rings. The molecule has 29 heavy (non-hydrogen) atoms. The van der Waals surface area contributed by atoms with Gasteiger partial charge in [0.2, 0.25) is 5.91 Å². The van der Waals surface area contributed by atoms with Crippen LogP contribution in [0.1, 0.15) is 18.2 Å². The Balaban J connectivity index is 1.70. The molecule has 0 saturated carbocycles. The van der Waals surface area contributed by atoms with Crippen molar-refractivity contribution in [1.29, 1.82) is 0 Å². The lowest BCUT2D eigenvalue weighted by Crippen LogP contribution is -2.33. The van der Waals surface area contributed by atoms with Crippen LogP contribution in [-0.4, -0.2) is 75.4 Å². The minimum absolute atomic E-state index is 0.0877. The molecule has 154 valence electrons. The number of nitrogens with zero attached hydrogens (tertiary/aromatic N) is 6. The van der Waals surface area contributed by atoms with Gasteiger partial charge in [0, 0.05) is 12.6 Å². The second-order valence-corrected chi connectivity index (χ2v) is 6.72. The average Bonchev–Trinajstić information content (AvgIpc) is 3.39. The fraction of sp³-hybridized carbons (Fsp3) is 0.438. The second kappa shape index (κ2) is 7.36. The lowest BCUT2D eigenvalue weighted by molar-refractivity contribution is -0.117. The topological polar surface area (TPSA) is 200 Å². The number of carbonyl (C=O) groups excluding carboxylic acids is 1. The van der Waals surface area contributed by atoms with E-state index in [2.05, 4.69) is 20.1 Å². The normalized spacial score (nSPS) is 24.4. The van der Waals surface area contributed by atoms with E-state index in [0.29, 0.717) is 6.42 Å². The Morgan fingerprint density at radius 3 is 2.76 bits per heavy atom. The molecule has 1 aliphatic heterocycles. The minimum atomic E-state index is -1.30. The number of nitrogens with two attached hydrogens (primary N) is 2. The number of fused-ring (bicyclic) bond motifs is 1. The van der Waals surface area contributed by atoms with E-state index in [0.717, 1.165) is 5.56 Å². The molecule has 0 bridgehead atoms. The molecule has 7 N–H and O–H groups in total. The molecule has 1 saturated heterocycles. The molecule has 1 amide bonds. The third kappa shape index (κ3) is 3.40. The number of aromatic nitrogens is 6. The molecule has 0 radical (unpaired) electrons. The zero-order valence-electron chi connectivity index (χ0n) is 15.2. The van der Waals surface area contributed by atoms with Crippen LogP contribution in [-0.2, 0) is 16.0 Å². The summed E-state index contributed by atoms with van der Waals surface area (Å²) in [5, 5.41) is 33.8. The van der Waals surface area contributed by atoms with Crippen molar-refractivity contribution in [2.24, 2.45) is 5.73 Å². The molecule has 4 rings (SSSR count). The zero-order valence-corrected chi connectivity index (χ0v) is 15.2. The molecule has 0 unspecified atom stereocenters. The number of hydrogen-bond acceptors (Lipinski definition) is 10. The molecule has 4 heterocycles. The molecular weight excluding hydrogens is 384 g/mol. The van der Waals surface area contributed by atoms with Crippen molar-refractivity contribution in [3.63, 3.8) is 0 Å². The fourth-order valence-electron chi connectivity index (χ4n) is 3.19. The number of carbonyl (C=O) groups is 1. The Hall–Kier alpha value is -3.13. The Bertz CT molecular complexity index is 1050. The first-order valence-electron chi connectivity index (χ1n) is 8.83. The Morgan fingerprint density at radius 2 is 2.07 bits per heavy atom. The number of aliphatic hydroxyl groups is 3. The molecule has 1 aliphatic rings. The van der Waals surface area contributed by atoms with E-state index in [1.54, 1.807) is 12.4 Å². The summed E-state index contributed by atoms with van der Waals surface area (Å²) in [6, 6.07) is 0. The van der Waals surface area contributed by atoms with Crippen molar-refractivity contribution in [3.05, 3.63) is 24.3 Å². The summed E-state index contributed by atoms with van der Waals surface area (Å²) in [5.41, 5.74) is 12.5. The summed E-state index contributed by atoms with van der Waals surface area (Å²) < 4.78 is 8.34. The minimum Gasteiger partial charge on any atom is -0.394 e.